The van der Waals surface area contributed by atoms with E-state index in [1.807, 2.05) is 0 Å². The van der Waals surface area contributed by atoms with Crippen LogP contribution < -0.4 is 0 Å². The Morgan fingerprint density at radius 1 is 1.00 bits per heavy atom. The normalized spacial score (nSPS) is 42.9. The standard InChI is InChI=1S/C30H44O2/c1-20-5-7-21(8-6-20)13-18-30(4,32)27-12-11-25-24-10-9-22-19-23(31)14-16-28(22,2)26(24)15-17-29(25,27)3/h5-9,23-27,31-32H,10-19H2,1-4H3/t23-,24-,25-,26-,27-,28-,29-,30-/m0/s1. The maximum absolute atomic E-state index is 11.8. The molecule has 0 bridgehead atoms. The highest BCUT2D eigenvalue weighted by atomic mass is 16.3. The second kappa shape index (κ2) is 7.98. The van der Waals surface area contributed by atoms with E-state index in [9.17, 15) is 10.2 Å². The summed E-state index contributed by atoms with van der Waals surface area (Å²) < 4.78 is 0. The summed E-state index contributed by atoms with van der Waals surface area (Å²) in [5.41, 5.74) is 4.16. The Labute approximate surface area is 195 Å². The van der Waals surface area contributed by atoms with Crippen LogP contribution in [0.1, 0.15) is 89.7 Å². The minimum Gasteiger partial charge on any atom is -0.393 e. The van der Waals surface area contributed by atoms with E-state index in [2.05, 4.69) is 58.0 Å². The van der Waals surface area contributed by atoms with Gasteiger partial charge in [-0.2, -0.15) is 0 Å². The van der Waals surface area contributed by atoms with Crippen molar-refractivity contribution in [2.75, 3.05) is 0 Å². The molecule has 2 heteroatoms. The first-order valence-corrected chi connectivity index (χ1v) is 13.3. The number of allylic oxidation sites excluding steroid dienone is 1. The van der Waals surface area contributed by atoms with Crippen molar-refractivity contribution < 1.29 is 10.2 Å². The van der Waals surface area contributed by atoms with Crippen molar-refractivity contribution in [2.45, 2.75) is 104 Å². The van der Waals surface area contributed by atoms with Crippen molar-refractivity contribution in [3.05, 3.63) is 47.0 Å². The smallest absolute Gasteiger partial charge is 0.0656 e. The molecule has 2 nitrogen and oxygen atoms in total. The molecule has 3 saturated carbocycles. The van der Waals surface area contributed by atoms with Crippen LogP contribution in [0.3, 0.4) is 0 Å². The molecule has 0 unspecified atom stereocenters. The molecule has 5 rings (SSSR count). The summed E-state index contributed by atoms with van der Waals surface area (Å²) in [6.45, 7) is 9.30. The Bertz CT molecular complexity index is 867. The summed E-state index contributed by atoms with van der Waals surface area (Å²) in [6, 6.07) is 8.83. The molecule has 4 aliphatic carbocycles. The highest BCUT2D eigenvalue weighted by Crippen LogP contribution is 2.67. The van der Waals surface area contributed by atoms with Crippen LogP contribution in [0, 0.1) is 41.4 Å². The molecule has 4 aliphatic rings. The van der Waals surface area contributed by atoms with E-state index in [4.69, 9.17) is 0 Å². The van der Waals surface area contributed by atoms with Crippen LogP contribution in [-0.2, 0) is 6.42 Å². The van der Waals surface area contributed by atoms with Gasteiger partial charge in [0, 0.05) is 0 Å². The zero-order valence-corrected chi connectivity index (χ0v) is 20.7. The van der Waals surface area contributed by atoms with E-state index < -0.39 is 5.60 Å². The van der Waals surface area contributed by atoms with E-state index in [1.165, 1.54) is 43.2 Å². The molecule has 0 aliphatic heterocycles. The van der Waals surface area contributed by atoms with Crippen molar-refractivity contribution in [1.29, 1.82) is 0 Å². The fourth-order valence-corrected chi connectivity index (χ4v) is 8.99. The summed E-state index contributed by atoms with van der Waals surface area (Å²) in [5, 5.41) is 22.0. The predicted molar refractivity (Wildman–Crippen MR) is 131 cm³/mol. The average Bonchev–Trinajstić information content (AvgIpc) is 3.12. The molecule has 1 aromatic rings. The Morgan fingerprint density at radius 3 is 2.50 bits per heavy atom. The summed E-state index contributed by atoms with van der Waals surface area (Å²) in [4.78, 5) is 0. The zero-order valence-electron chi connectivity index (χ0n) is 20.7. The number of hydrogen-bond acceptors (Lipinski definition) is 2. The van der Waals surface area contributed by atoms with Crippen LogP contribution in [0.2, 0.25) is 0 Å². The van der Waals surface area contributed by atoms with Gasteiger partial charge >= 0.3 is 0 Å². The Hall–Kier alpha value is -1.12. The van der Waals surface area contributed by atoms with Gasteiger partial charge in [0.15, 0.2) is 0 Å². The minimum atomic E-state index is -0.601. The molecule has 176 valence electrons. The second-order valence-electron chi connectivity index (χ2n) is 12.7. The lowest BCUT2D eigenvalue weighted by molar-refractivity contribution is -0.104. The topological polar surface area (TPSA) is 40.5 Å². The largest absolute Gasteiger partial charge is 0.393 e. The molecule has 0 aromatic heterocycles. The number of rotatable bonds is 4. The number of aliphatic hydroxyl groups excluding tert-OH is 1. The number of fused-ring (bicyclic) bond motifs is 5. The van der Waals surface area contributed by atoms with Gasteiger partial charge in [-0.1, -0.05) is 55.3 Å². The lowest BCUT2D eigenvalue weighted by Crippen LogP contribution is -2.53. The van der Waals surface area contributed by atoms with Gasteiger partial charge in [0.05, 0.1) is 11.7 Å². The van der Waals surface area contributed by atoms with Gasteiger partial charge in [-0.3, -0.25) is 0 Å². The van der Waals surface area contributed by atoms with Crippen LogP contribution in [0.25, 0.3) is 0 Å². The molecular weight excluding hydrogens is 392 g/mol. The predicted octanol–water partition coefficient (Wildman–Crippen LogP) is 6.62. The van der Waals surface area contributed by atoms with Gasteiger partial charge in [0.1, 0.15) is 0 Å². The Morgan fingerprint density at radius 2 is 1.75 bits per heavy atom. The van der Waals surface area contributed by atoms with Gasteiger partial charge in [-0.15, -0.1) is 0 Å². The molecule has 8 atom stereocenters. The van der Waals surface area contributed by atoms with Crippen LogP contribution in [0.15, 0.2) is 35.9 Å². The first kappa shape index (κ1) is 22.7. The third-order valence-corrected chi connectivity index (χ3v) is 10.9. The molecule has 0 amide bonds. The number of aryl methyl sites for hydroxylation is 2. The van der Waals surface area contributed by atoms with Crippen LogP contribution in [0.4, 0.5) is 0 Å². The fourth-order valence-electron chi connectivity index (χ4n) is 8.99. The van der Waals surface area contributed by atoms with E-state index in [0.29, 0.717) is 11.3 Å². The van der Waals surface area contributed by atoms with Crippen LogP contribution >= 0.6 is 0 Å². The monoisotopic (exact) mass is 436 g/mol. The quantitative estimate of drug-likeness (QED) is 0.521. The average molecular weight is 437 g/mol. The summed E-state index contributed by atoms with van der Waals surface area (Å²) in [7, 11) is 0. The zero-order chi connectivity index (χ0) is 22.7. The van der Waals surface area contributed by atoms with E-state index in [-0.39, 0.29) is 11.5 Å². The van der Waals surface area contributed by atoms with E-state index in [0.717, 1.165) is 49.9 Å². The second-order valence-corrected chi connectivity index (χ2v) is 12.7. The highest BCUT2D eigenvalue weighted by Gasteiger charge is 2.61. The maximum atomic E-state index is 11.8. The molecule has 0 radical (unpaired) electrons. The Kier molecular flexibility index (Phi) is 5.65. The third kappa shape index (κ3) is 3.61. The highest BCUT2D eigenvalue weighted by molar-refractivity contribution is 5.26. The third-order valence-electron chi connectivity index (χ3n) is 10.9. The summed E-state index contributed by atoms with van der Waals surface area (Å²) in [5.74, 6) is 2.66. The van der Waals surface area contributed by atoms with Crippen molar-refractivity contribution in [3.8, 4) is 0 Å². The minimum absolute atomic E-state index is 0.126. The van der Waals surface area contributed by atoms with Crippen molar-refractivity contribution >= 4 is 0 Å². The molecule has 0 spiro atoms. The van der Waals surface area contributed by atoms with Crippen molar-refractivity contribution in [3.63, 3.8) is 0 Å². The van der Waals surface area contributed by atoms with E-state index in [1.54, 1.807) is 5.57 Å². The van der Waals surface area contributed by atoms with Gasteiger partial charge in [-0.25, -0.2) is 0 Å². The molecule has 2 N–H and O–H groups in total. The molecule has 0 saturated heterocycles. The molecule has 32 heavy (non-hydrogen) atoms. The summed E-state index contributed by atoms with van der Waals surface area (Å²) in [6.07, 6.45) is 13.5. The lowest BCUT2D eigenvalue weighted by Gasteiger charge is -2.59. The molecule has 1 aromatic carbocycles. The fraction of sp³-hybridized carbons (Fsp3) is 0.733. The van der Waals surface area contributed by atoms with Crippen LogP contribution in [-0.4, -0.2) is 21.9 Å². The lowest BCUT2D eigenvalue weighted by atomic mass is 9.46. The van der Waals surface area contributed by atoms with Gasteiger partial charge in [0.25, 0.3) is 0 Å². The molecule has 0 heterocycles. The van der Waals surface area contributed by atoms with Crippen LogP contribution in [0.5, 0.6) is 0 Å². The number of hydrogen-bond donors (Lipinski definition) is 2. The van der Waals surface area contributed by atoms with Crippen molar-refractivity contribution in [2.24, 2.45) is 34.5 Å². The first-order chi connectivity index (χ1) is 15.1. The molecule has 3 fully saturated rings. The summed E-state index contributed by atoms with van der Waals surface area (Å²) >= 11 is 0. The van der Waals surface area contributed by atoms with E-state index >= 15 is 0 Å². The van der Waals surface area contributed by atoms with Gasteiger partial charge in [-0.05, 0) is 118 Å². The number of benzene rings is 1. The Balaban J connectivity index is 1.34. The molecular formula is C30H44O2. The first-order valence-electron chi connectivity index (χ1n) is 13.3. The number of aliphatic hydroxyl groups is 2. The van der Waals surface area contributed by atoms with Crippen molar-refractivity contribution in [1.82, 2.24) is 0 Å². The maximum Gasteiger partial charge on any atom is 0.0656 e. The van der Waals surface area contributed by atoms with Gasteiger partial charge in [0.2, 0.25) is 0 Å². The SMILES string of the molecule is Cc1ccc(CC[C@](C)(O)[C@H]2CC[C@H]3[C@@H]4CC=C5C[C@@H](O)CC[C@]5(C)[C@H]4CC[C@@]32C)cc1. The van der Waals surface area contributed by atoms with Gasteiger partial charge < -0.3 is 10.2 Å².